The Bertz CT molecular complexity index is 882. The Morgan fingerprint density at radius 2 is 0.741 bits per heavy atom. The van der Waals surface area contributed by atoms with E-state index in [2.05, 4.69) is 48.5 Å². The number of phenolic OH excluding ortho intramolecular Hbond substituents is 2. The topological polar surface area (TPSA) is 40.5 Å². The van der Waals surface area contributed by atoms with Crippen LogP contribution in [0.2, 0.25) is 0 Å². The van der Waals surface area contributed by atoms with Crippen LogP contribution in [0.3, 0.4) is 0 Å². The second kappa shape index (κ2) is 9.25. The lowest BCUT2D eigenvalue weighted by Crippen LogP contribution is -1.77. The maximum atomic E-state index is 8.63. The number of hydrogen-bond donors (Lipinski definition) is 2. The van der Waals surface area contributed by atoms with Gasteiger partial charge in [-0.25, -0.2) is 0 Å². The quantitative estimate of drug-likeness (QED) is 0.356. The third-order valence-corrected chi connectivity index (χ3v) is 4.22. The zero-order valence-electron chi connectivity index (χ0n) is 15.0. The van der Waals surface area contributed by atoms with Crippen LogP contribution in [0.4, 0.5) is 0 Å². The van der Waals surface area contributed by atoms with E-state index in [1.165, 1.54) is 22.3 Å². The third-order valence-electron chi connectivity index (χ3n) is 4.22. The molecule has 0 heterocycles. The predicted molar refractivity (Wildman–Crippen MR) is 111 cm³/mol. The first-order chi connectivity index (χ1) is 13.2. The van der Waals surface area contributed by atoms with Crippen LogP contribution in [0.5, 0.6) is 11.5 Å². The summed E-state index contributed by atoms with van der Waals surface area (Å²) in [4.78, 5) is 0. The van der Waals surface area contributed by atoms with Crippen LogP contribution in [0.1, 0.15) is 11.1 Å². The van der Waals surface area contributed by atoms with Crippen molar-refractivity contribution in [3.05, 3.63) is 120 Å². The van der Waals surface area contributed by atoms with E-state index >= 15 is 0 Å². The van der Waals surface area contributed by atoms with E-state index in [0.29, 0.717) is 11.5 Å². The molecule has 0 spiro atoms. The molecule has 0 fully saturated rings. The number of aromatic hydroxyl groups is 2. The van der Waals surface area contributed by atoms with Gasteiger partial charge in [-0.05, 0) is 52.9 Å². The molecule has 0 saturated heterocycles. The fourth-order valence-electron chi connectivity index (χ4n) is 2.94. The van der Waals surface area contributed by atoms with Crippen LogP contribution in [-0.4, -0.2) is 10.2 Å². The van der Waals surface area contributed by atoms with Crippen LogP contribution in [0.25, 0.3) is 11.1 Å². The van der Waals surface area contributed by atoms with Gasteiger partial charge in [-0.3, -0.25) is 0 Å². The second-order valence-electron chi connectivity index (χ2n) is 6.16. The molecule has 5 rings (SSSR count). The van der Waals surface area contributed by atoms with Gasteiger partial charge in [-0.1, -0.05) is 84.9 Å². The number of para-hydroxylation sites is 2. The van der Waals surface area contributed by atoms with E-state index in [1.54, 1.807) is 48.5 Å². The normalized spacial score (nSPS) is 10.4. The smallest absolute Gasteiger partial charge is 0.115 e. The fraction of sp³-hybridized carbons (Fsp3) is 0.0400. The minimum absolute atomic E-state index is 0.322. The number of benzene rings is 4. The zero-order chi connectivity index (χ0) is 18.9. The van der Waals surface area contributed by atoms with Crippen molar-refractivity contribution in [1.82, 2.24) is 0 Å². The highest BCUT2D eigenvalue weighted by molar-refractivity contribution is 5.76. The summed E-state index contributed by atoms with van der Waals surface area (Å²) in [5.74, 6) is 0.644. The van der Waals surface area contributed by atoms with Crippen LogP contribution in [0.15, 0.2) is 109 Å². The molecule has 1 aliphatic carbocycles. The SMILES string of the molecule is Oc1ccccc1.Oc1ccccc1.c1ccc2c(c1)Cc1ccccc1-2. The second-order valence-corrected chi connectivity index (χ2v) is 6.16. The molecule has 27 heavy (non-hydrogen) atoms. The number of hydrogen-bond acceptors (Lipinski definition) is 2. The number of phenols is 2. The first-order valence-electron chi connectivity index (χ1n) is 8.88. The lowest BCUT2D eigenvalue weighted by atomic mass is 10.1. The van der Waals surface area contributed by atoms with Gasteiger partial charge in [0, 0.05) is 0 Å². The van der Waals surface area contributed by atoms with Crippen LogP contribution in [-0.2, 0) is 6.42 Å². The van der Waals surface area contributed by atoms with Gasteiger partial charge in [0.05, 0.1) is 0 Å². The molecule has 2 N–H and O–H groups in total. The van der Waals surface area contributed by atoms with Crippen molar-refractivity contribution < 1.29 is 10.2 Å². The van der Waals surface area contributed by atoms with Crippen LogP contribution in [0, 0.1) is 0 Å². The van der Waals surface area contributed by atoms with E-state index in [1.807, 2.05) is 12.1 Å². The zero-order valence-corrected chi connectivity index (χ0v) is 15.0. The minimum Gasteiger partial charge on any atom is -0.508 e. The summed E-state index contributed by atoms with van der Waals surface area (Å²) in [5.41, 5.74) is 5.75. The fourth-order valence-corrected chi connectivity index (χ4v) is 2.94. The van der Waals surface area contributed by atoms with Crippen molar-refractivity contribution in [3.63, 3.8) is 0 Å². The molecule has 0 unspecified atom stereocenters. The third kappa shape index (κ3) is 5.23. The van der Waals surface area contributed by atoms with Crippen molar-refractivity contribution in [2.45, 2.75) is 6.42 Å². The predicted octanol–water partition coefficient (Wildman–Crippen LogP) is 6.04. The Balaban J connectivity index is 0.000000128. The highest BCUT2D eigenvalue weighted by Gasteiger charge is 2.15. The van der Waals surface area contributed by atoms with E-state index in [9.17, 15) is 0 Å². The molecule has 134 valence electrons. The van der Waals surface area contributed by atoms with Gasteiger partial charge in [-0.15, -0.1) is 0 Å². The summed E-state index contributed by atoms with van der Waals surface area (Å²) in [6, 6.07) is 34.7. The summed E-state index contributed by atoms with van der Waals surface area (Å²) in [5, 5.41) is 17.3. The molecule has 0 aliphatic heterocycles. The molecule has 4 aromatic rings. The number of fused-ring (bicyclic) bond motifs is 3. The maximum absolute atomic E-state index is 8.63. The van der Waals surface area contributed by atoms with Gasteiger partial charge >= 0.3 is 0 Å². The highest BCUT2D eigenvalue weighted by Crippen LogP contribution is 2.35. The lowest BCUT2D eigenvalue weighted by molar-refractivity contribution is 0.475. The summed E-state index contributed by atoms with van der Waals surface area (Å²) in [7, 11) is 0. The van der Waals surface area contributed by atoms with Gasteiger partial charge < -0.3 is 10.2 Å². The van der Waals surface area contributed by atoms with Crippen LogP contribution >= 0.6 is 0 Å². The molecular weight excluding hydrogens is 332 g/mol. The Labute approximate surface area is 160 Å². The van der Waals surface area contributed by atoms with Crippen molar-refractivity contribution in [3.8, 4) is 22.6 Å². The summed E-state index contributed by atoms with van der Waals surface area (Å²) >= 11 is 0. The molecule has 0 aromatic heterocycles. The first-order valence-corrected chi connectivity index (χ1v) is 8.88. The average Bonchev–Trinajstić information content (AvgIpc) is 3.09. The maximum Gasteiger partial charge on any atom is 0.115 e. The van der Waals surface area contributed by atoms with E-state index in [4.69, 9.17) is 10.2 Å². The molecule has 0 saturated carbocycles. The van der Waals surface area contributed by atoms with Crippen LogP contribution < -0.4 is 0 Å². The minimum atomic E-state index is 0.322. The van der Waals surface area contributed by atoms with Gasteiger partial charge in [0.2, 0.25) is 0 Å². The first kappa shape index (κ1) is 18.3. The summed E-state index contributed by atoms with van der Waals surface area (Å²) in [6.45, 7) is 0. The molecule has 0 atom stereocenters. The average molecular weight is 354 g/mol. The monoisotopic (exact) mass is 354 g/mol. The van der Waals surface area contributed by atoms with Crippen molar-refractivity contribution in [2.24, 2.45) is 0 Å². The summed E-state index contributed by atoms with van der Waals surface area (Å²) in [6.07, 6.45) is 1.10. The van der Waals surface area contributed by atoms with E-state index in [0.717, 1.165) is 6.42 Å². The van der Waals surface area contributed by atoms with E-state index < -0.39 is 0 Å². The Morgan fingerprint density at radius 1 is 0.407 bits per heavy atom. The Morgan fingerprint density at radius 3 is 1.07 bits per heavy atom. The van der Waals surface area contributed by atoms with E-state index in [-0.39, 0.29) is 0 Å². The molecule has 2 nitrogen and oxygen atoms in total. The molecule has 0 radical (unpaired) electrons. The largest absolute Gasteiger partial charge is 0.508 e. The molecule has 1 aliphatic rings. The lowest BCUT2D eigenvalue weighted by Gasteiger charge is -1.98. The Kier molecular flexibility index (Phi) is 6.26. The highest BCUT2D eigenvalue weighted by atomic mass is 16.3. The molecule has 0 amide bonds. The van der Waals surface area contributed by atoms with Gasteiger partial charge in [0.25, 0.3) is 0 Å². The van der Waals surface area contributed by atoms with Crippen molar-refractivity contribution in [2.75, 3.05) is 0 Å². The molecule has 0 bridgehead atoms. The standard InChI is InChI=1S/C13H10.2C6H6O/c1-3-7-12-10(5-1)9-11-6-2-4-8-13(11)12;2*7-6-4-2-1-3-5-6/h1-8H,9H2;2*1-5,7H. The van der Waals surface area contributed by atoms with Crippen molar-refractivity contribution in [1.29, 1.82) is 0 Å². The molecular formula is C25H22O2. The van der Waals surface area contributed by atoms with Gasteiger partial charge in [-0.2, -0.15) is 0 Å². The summed E-state index contributed by atoms with van der Waals surface area (Å²) < 4.78 is 0. The van der Waals surface area contributed by atoms with Gasteiger partial charge in [0.1, 0.15) is 11.5 Å². The Hall–Kier alpha value is -3.52. The number of rotatable bonds is 0. The molecule has 4 aromatic carbocycles. The molecule has 2 heteroatoms. The van der Waals surface area contributed by atoms with Gasteiger partial charge in [0.15, 0.2) is 0 Å². The van der Waals surface area contributed by atoms with Crippen molar-refractivity contribution >= 4 is 0 Å².